The summed E-state index contributed by atoms with van der Waals surface area (Å²) in [6, 6.07) is 9.73. The van der Waals surface area contributed by atoms with Crippen molar-refractivity contribution in [1.82, 2.24) is 9.88 Å². The molecular weight excluding hydrogens is 574 g/mol. The molecule has 6 heteroatoms. The topological polar surface area (TPSA) is 45.2 Å². The molecule has 2 atom stereocenters. The van der Waals surface area contributed by atoms with E-state index in [2.05, 4.69) is 49.0 Å². The predicted octanol–water partition coefficient (Wildman–Crippen LogP) is 2.08. The van der Waals surface area contributed by atoms with Crippen LogP contribution in [0.25, 0.3) is 10.9 Å². The number of anilines is 1. The van der Waals surface area contributed by atoms with Gasteiger partial charge < -0.3 is 17.7 Å². The third-order valence-electron chi connectivity index (χ3n) is 6.66. The van der Waals surface area contributed by atoms with Crippen LogP contribution in [-0.4, -0.2) is 33.9 Å². The van der Waals surface area contributed by atoms with Crippen molar-refractivity contribution < 1.29 is 37.3 Å². The Labute approximate surface area is 199 Å². The standard InChI is InChI=1S/C24H29N3O.ClH.Ir/c1-5-18-15-24(4,17(3)16(18)2)27-13-7-9-22(27)23(28)26-20-10-11-21-19(14-20)8-6-12-25-21;;/h6,8,10-12,14-15,22H,5,7,9,13H2,1-4H3,(H,26,28);1H;/q;;+3/p-1/t22?,24-;;/m0../s1. The molecule has 160 valence electrons. The van der Waals surface area contributed by atoms with Crippen molar-refractivity contribution in [2.45, 2.75) is 58.5 Å². The number of halogens is 1. The molecule has 2 aromatic rings. The van der Waals surface area contributed by atoms with Crippen LogP contribution in [0.1, 0.15) is 47.0 Å². The van der Waals surface area contributed by atoms with Gasteiger partial charge in [0.25, 0.3) is 0 Å². The average Bonchev–Trinajstić information content (AvgIpc) is 3.28. The molecule has 1 unspecified atom stereocenters. The zero-order valence-corrected chi connectivity index (χ0v) is 21.1. The van der Waals surface area contributed by atoms with Gasteiger partial charge in [-0.2, -0.15) is 0 Å². The Kier molecular flexibility index (Phi) is 8.03. The molecule has 4 rings (SSSR count). The van der Waals surface area contributed by atoms with Gasteiger partial charge in [0.1, 0.15) is 0 Å². The molecule has 0 spiro atoms. The summed E-state index contributed by atoms with van der Waals surface area (Å²) in [5, 5.41) is 4.19. The van der Waals surface area contributed by atoms with Gasteiger partial charge in [-0.05, 0) is 81.0 Å². The number of fused-ring (bicyclic) bond motifs is 1. The normalized spacial score (nSPS) is 23.7. The number of hydrogen-bond acceptors (Lipinski definition) is 3. The first-order valence-corrected chi connectivity index (χ1v) is 10.3. The molecule has 1 aromatic heterocycles. The Hall–Kier alpha value is -1.52. The van der Waals surface area contributed by atoms with Gasteiger partial charge in [-0.1, -0.05) is 19.1 Å². The van der Waals surface area contributed by atoms with Gasteiger partial charge in [0, 0.05) is 23.8 Å². The van der Waals surface area contributed by atoms with E-state index < -0.39 is 0 Å². The van der Waals surface area contributed by atoms with Crippen LogP contribution in [0.15, 0.2) is 59.3 Å². The van der Waals surface area contributed by atoms with Crippen molar-refractivity contribution in [3.63, 3.8) is 0 Å². The minimum absolute atomic E-state index is 0. The summed E-state index contributed by atoms with van der Waals surface area (Å²) in [5.74, 6) is 0.0887. The summed E-state index contributed by atoms with van der Waals surface area (Å²) in [6.07, 6.45) is 7.16. The van der Waals surface area contributed by atoms with E-state index in [1.807, 2.05) is 30.3 Å². The summed E-state index contributed by atoms with van der Waals surface area (Å²) >= 11 is 0. The van der Waals surface area contributed by atoms with Crippen molar-refractivity contribution in [3.05, 3.63) is 59.3 Å². The van der Waals surface area contributed by atoms with Gasteiger partial charge >= 0.3 is 20.1 Å². The molecule has 4 nitrogen and oxygen atoms in total. The summed E-state index contributed by atoms with van der Waals surface area (Å²) < 4.78 is 0. The molecule has 0 bridgehead atoms. The van der Waals surface area contributed by atoms with Crippen molar-refractivity contribution in [2.75, 3.05) is 11.9 Å². The second kappa shape index (κ2) is 9.74. The fraction of sp³-hybridized carbons (Fsp3) is 0.417. The number of likely N-dealkylation sites (tertiary alicyclic amines) is 1. The third kappa shape index (κ3) is 4.27. The number of nitrogens with one attached hydrogen (secondary N) is 1. The first-order chi connectivity index (χ1) is 13.4. The maximum Gasteiger partial charge on any atom is 3.00 e. The molecule has 2 aliphatic rings. The first kappa shape index (κ1) is 24.7. The van der Waals surface area contributed by atoms with Crippen molar-refractivity contribution >= 4 is 22.5 Å². The van der Waals surface area contributed by atoms with E-state index >= 15 is 0 Å². The number of aromatic nitrogens is 1. The van der Waals surface area contributed by atoms with E-state index in [1.165, 1.54) is 16.7 Å². The average molecular weight is 603 g/mol. The fourth-order valence-corrected chi connectivity index (χ4v) is 4.82. The number of carbonyl (C=O) groups is 1. The van der Waals surface area contributed by atoms with Gasteiger partial charge in [0.05, 0.1) is 17.1 Å². The molecule has 1 fully saturated rings. The van der Waals surface area contributed by atoms with Crippen LogP contribution in [-0.2, 0) is 24.9 Å². The van der Waals surface area contributed by atoms with Crippen LogP contribution in [0.5, 0.6) is 0 Å². The molecule has 30 heavy (non-hydrogen) atoms. The Balaban J connectivity index is 0.00000160. The van der Waals surface area contributed by atoms with Gasteiger partial charge in [-0.15, -0.1) is 0 Å². The zero-order chi connectivity index (χ0) is 19.9. The maximum atomic E-state index is 13.2. The molecule has 1 aromatic carbocycles. The molecule has 0 saturated carbocycles. The molecule has 1 aliphatic carbocycles. The number of amides is 1. The first-order valence-electron chi connectivity index (χ1n) is 10.3. The molecule has 1 saturated heterocycles. The molecule has 1 amide bonds. The van der Waals surface area contributed by atoms with E-state index in [-0.39, 0.29) is 50.0 Å². The summed E-state index contributed by atoms with van der Waals surface area (Å²) in [4.78, 5) is 19.9. The van der Waals surface area contributed by atoms with Crippen LogP contribution in [0.4, 0.5) is 5.69 Å². The quantitative estimate of drug-likeness (QED) is 0.583. The number of benzene rings is 1. The van der Waals surface area contributed by atoms with Crippen molar-refractivity contribution in [1.29, 1.82) is 0 Å². The maximum absolute atomic E-state index is 13.2. The number of allylic oxidation sites excluding steroid dienone is 2. The van der Waals surface area contributed by atoms with Gasteiger partial charge in [0.15, 0.2) is 0 Å². The van der Waals surface area contributed by atoms with E-state index in [4.69, 9.17) is 0 Å². The van der Waals surface area contributed by atoms with Crippen LogP contribution in [0.3, 0.4) is 0 Å². The minimum atomic E-state index is -0.165. The summed E-state index contributed by atoms with van der Waals surface area (Å²) in [7, 11) is 0. The van der Waals surface area contributed by atoms with Crippen LogP contribution in [0, 0.1) is 0 Å². The number of rotatable bonds is 4. The molecular formula is C24H29ClIrN3O+2. The second-order valence-corrected chi connectivity index (χ2v) is 8.17. The van der Waals surface area contributed by atoms with Crippen LogP contribution >= 0.6 is 0 Å². The van der Waals surface area contributed by atoms with Gasteiger partial charge in [-0.3, -0.25) is 14.7 Å². The largest absolute Gasteiger partial charge is 3.00 e. The van der Waals surface area contributed by atoms with Crippen LogP contribution < -0.4 is 17.7 Å². The smallest absolute Gasteiger partial charge is 1.00 e. The van der Waals surface area contributed by atoms with E-state index in [0.29, 0.717) is 0 Å². The third-order valence-corrected chi connectivity index (χ3v) is 6.66. The SMILES string of the molecule is CCC1=C[C@](C)(N2CCCC2C(=O)Nc2ccc3ncccc3c2)C(C)=C1C.[Cl-].[Ir+3]. The summed E-state index contributed by atoms with van der Waals surface area (Å²) in [6.45, 7) is 9.86. The number of carbonyl (C=O) groups excluding carboxylic acids is 1. The molecule has 1 N–H and O–H groups in total. The number of pyridine rings is 1. The summed E-state index contributed by atoms with van der Waals surface area (Å²) in [5.41, 5.74) is 5.78. The Bertz CT molecular complexity index is 1000. The van der Waals surface area contributed by atoms with Gasteiger partial charge in [-0.25, -0.2) is 0 Å². The van der Waals surface area contributed by atoms with Crippen LogP contribution in [0.2, 0.25) is 0 Å². The predicted molar refractivity (Wildman–Crippen MR) is 115 cm³/mol. The van der Waals surface area contributed by atoms with E-state index in [0.717, 1.165) is 42.4 Å². The number of nitrogens with zero attached hydrogens (tertiary/aromatic N) is 2. The minimum Gasteiger partial charge on any atom is -1.00 e. The second-order valence-electron chi connectivity index (χ2n) is 8.17. The molecule has 1 aliphatic heterocycles. The van der Waals surface area contributed by atoms with Crippen molar-refractivity contribution in [3.8, 4) is 0 Å². The monoisotopic (exact) mass is 603 g/mol. The van der Waals surface area contributed by atoms with Gasteiger partial charge in [0.2, 0.25) is 5.91 Å². The Morgan fingerprint density at radius 2 is 2.07 bits per heavy atom. The molecule has 2 heterocycles. The molecule has 0 radical (unpaired) electrons. The zero-order valence-electron chi connectivity index (χ0n) is 18.0. The van der Waals surface area contributed by atoms with E-state index in [9.17, 15) is 4.79 Å². The number of hydrogen-bond donors (Lipinski definition) is 1. The fourth-order valence-electron chi connectivity index (χ4n) is 4.82. The Morgan fingerprint density at radius 1 is 1.30 bits per heavy atom. The Morgan fingerprint density at radius 3 is 2.77 bits per heavy atom. The van der Waals surface area contributed by atoms with E-state index in [1.54, 1.807) is 6.20 Å². The van der Waals surface area contributed by atoms with Crippen molar-refractivity contribution in [2.24, 2.45) is 0 Å².